The van der Waals surface area contributed by atoms with Crippen LogP contribution in [0.5, 0.6) is 0 Å². The first-order valence-electron chi connectivity index (χ1n) is 10.4. The van der Waals surface area contributed by atoms with E-state index in [2.05, 4.69) is 17.6 Å². The van der Waals surface area contributed by atoms with Crippen molar-refractivity contribution in [2.75, 3.05) is 30.9 Å². The lowest BCUT2D eigenvalue weighted by Gasteiger charge is -2.18. The molecule has 0 aliphatic carbocycles. The lowest BCUT2D eigenvalue weighted by Crippen LogP contribution is -2.26. The van der Waals surface area contributed by atoms with Crippen LogP contribution in [-0.2, 0) is 4.79 Å². The maximum atomic E-state index is 12.4. The van der Waals surface area contributed by atoms with E-state index in [-0.39, 0.29) is 11.8 Å². The summed E-state index contributed by atoms with van der Waals surface area (Å²) in [6.07, 6.45) is 9.75. The molecule has 0 saturated carbocycles. The predicted molar refractivity (Wildman–Crippen MR) is 115 cm³/mol. The van der Waals surface area contributed by atoms with Gasteiger partial charge in [-0.3, -0.25) is 9.59 Å². The normalized spacial score (nSPS) is 10.5. The third-order valence-corrected chi connectivity index (χ3v) is 4.55. The molecular weight excluding hydrogens is 338 g/mol. The first-order chi connectivity index (χ1) is 13.0. The van der Waals surface area contributed by atoms with Gasteiger partial charge in [-0.25, -0.2) is 0 Å². The number of rotatable bonds is 13. The molecule has 152 valence electrons. The van der Waals surface area contributed by atoms with Crippen molar-refractivity contribution < 1.29 is 9.59 Å². The van der Waals surface area contributed by atoms with Crippen molar-refractivity contribution in [1.29, 1.82) is 0 Å². The summed E-state index contributed by atoms with van der Waals surface area (Å²) in [5.74, 6) is -0.0928. The Kier molecular flexibility index (Phi) is 11.2. The van der Waals surface area contributed by atoms with E-state index in [1.807, 2.05) is 38.1 Å². The van der Waals surface area contributed by atoms with Crippen LogP contribution in [0.3, 0.4) is 0 Å². The fourth-order valence-corrected chi connectivity index (χ4v) is 2.99. The van der Waals surface area contributed by atoms with Crippen LogP contribution in [0.1, 0.15) is 82.0 Å². The topological polar surface area (TPSA) is 61.4 Å². The number of unbranched alkanes of at least 4 members (excludes halogenated alkanes) is 6. The van der Waals surface area contributed by atoms with Crippen molar-refractivity contribution in [1.82, 2.24) is 5.32 Å². The number of hydrogen-bond donors (Lipinski definition) is 2. The SMILES string of the molecule is CCCCCCCCCC(=O)Nc1ccc(N(C)C)c(C(=O)NCCC)c1. The van der Waals surface area contributed by atoms with Crippen LogP contribution in [0, 0.1) is 0 Å². The van der Waals surface area contributed by atoms with Gasteiger partial charge < -0.3 is 15.5 Å². The lowest BCUT2D eigenvalue weighted by atomic mass is 10.1. The van der Waals surface area contributed by atoms with Crippen molar-refractivity contribution in [2.45, 2.75) is 71.6 Å². The highest BCUT2D eigenvalue weighted by atomic mass is 16.2. The van der Waals surface area contributed by atoms with Gasteiger partial charge in [0.1, 0.15) is 0 Å². The highest BCUT2D eigenvalue weighted by Gasteiger charge is 2.14. The second kappa shape index (κ2) is 13.2. The number of amides is 2. The van der Waals surface area contributed by atoms with E-state index in [0.717, 1.165) is 24.9 Å². The van der Waals surface area contributed by atoms with Crippen LogP contribution in [-0.4, -0.2) is 32.5 Å². The molecule has 1 rings (SSSR count). The molecule has 0 saturated heterocycles. The minimum Gasteiger partial charge on any atom is -0.377 e. The summed E-state index contributed by atoms with van der Waals surface area (Å²) in [5.41, 5.74) is 2.10. The van der Waals surface area contributed by atoms with Crippen LogP contribution in [0.25, 0.3) is 0 Å². The summed E-state index contributed by atoms with van der Waals surface area (Å²) in [6.45, 7) is 4.88. The molecule has 0 radical (unpaired) electrons. The summed E-state index contributed by atoms with van der Waals surface area (Å²) >= 11 is 0. The summed E-state index contributed by atoms with van der Waals surface area (Å²) in [6, 6.07) is 5.50. The molecule has 27 heavy (non-hydrogen) atoms. The minimum absolute atomic E-state index is 0.0149. The minimum atomic E-state index is -0.108. The molecule has 1 aromatic rings. The maximum absolute atomic E-state index is 12.4. The summed E-state index contributed by atoms with van der Waals surface area (Å²) in [5, 5.41) is 5.84. The first kappa shape index (κ1) is 23.0. The summed E-state index contributed by atoms with van der Waals surface area (Å²) < 4.78 is 0. The number of nitrogens with one attached hydrogen (secondary N) is 2. The van der Waals surface area contributed by atoms with Crippen LogP contribution >= 0.6 is 0 Å². The van der Waals surface area contributed by atoms with Gasteiger partial charge in [0.2, 0.25) is 5.91 Å². The molecule has 0 unspecified atom stereocenters. The first-order valence-corrected chi connectivity index (χ1v) is 10.4. The van der Waals surface area contributed by atoms with E-state index < -0.39 is 0 Å². The Morgan fingerprint density at radius 1 is 0.926 bits per heavy atom. The Hall–Kier alpha value is -2.04. The summed E-state index contributed by atoms with van der Waals surface area (Å²) in [4.78, 5) is 26.5. The van der Waals surface area contributed by atoms with Gasteiger partial charge >= 0.3 is 0 Å². The van der Waals surface area contributed by atoms with E-state index in [1.54, 1.807) is 6.07 Å². The van der Waals surface area contributed by atoms with E-state index in [4.69, 9.17) is 0 Å². The van der Waals surface area contributed by atoms with Crippen molar-refractivity contribution >= 4 is 23.2 Å². The Morgan fingerprint density at radius 2 is 1.59 bits per heavy atom. The molecule has 0 aromatic heterocycles. The zero-order valence-electron chi connectivity index (χ0n) is 17.6. The zero-order valence-corrected chi connectivity index (χ0v) is 17.6. The van der Waals surface area contributed by atoms with E-state index >= 15 is 0 Å². The van der Waals surface area contributed by atoms with Gasteiger partial charge in [0.25, 0.3) is 5.91 Å². The average Bonchev–Trinajstić information content (AvgIpc) is 2.65. The molecule has 1 aromatic carbocycles. The lowest BCUT2D eigenvalue weighted by molar-refractivity contribution is -0.116. The predicted octanol–water partition coefficient (Wildman–Crippen LogP) is 4.97. The Morgan fingerprint density at radius 3 is 2.22 bits per heavy atom. The highest BCUT2D eigenvalue weighted by Crippen LogP contribution is 2.23. The highest BCUT2D eigenvalue weighted by molar-refractivity contribution is 6.02. The van der Waals surface area contributed by atoms with Gasteiger partial charge in [-0.2, -0.15) is 0 Å². The molecule has 5 nitrogen and oxygen atoms in total. The monoisotopic (exact) mass is 375 g/mol. The molecule has 0 aliphatic rings. The van der Waals surface area contributed by atoms with Gasteiger partial charge in [-0.05, 0) is 31.0 Å². The quantitative estimate of drug-likeness (QED) is 0.478. The van der Waals surface area contributed by atoms with Crippen LogP contribution in [0.2, 0.25) is 0 Å². The molecule has 0 fully saturated rings. The third-order valence-electron chi connectivity index (χ3n) is 4.55. The van der Waals surface area contributed by atoms with Crippen LogP contribution in [0.15, 0.2) is 18.2 Å². The Bertz CT molecular complexity index is 585. The smallest absolute Gasteiger partial charge is 0.253 e. The molecule has 0 bridgehead atoms. The fourth-order valence-electron chi connectivity index (χ4n) is 2.99. The number of anilines is 2. The Labute approximate surface area is 164 Å². The van der Waals surface area contributed by atoms with Gasteiger partial charge in [-0.1, -0.05) is 52.4 Å². The van der Waals surface area contributed by atoms with Crippen molar-refractivity contribution in [2.24, 2.45) is 0 Å². The second-order valence-electron chi connectivity index (χ2n) is 7.30. The average molecular weight is 376 g/mol. The van der Waals surface area contributed by atoms with Crippen molar-refractivity contribution in [3.05, 3.63) is 23.8 Å². The molecule has 0 heterocycles. The number of benzene rings is 1. The van der Waals surface area contributed by atoms with Gasteiger partial charge in [0.05, 0.1) is 5.56 Å². The van der Waals surface area contributed by atoms with Gasteiger partial charge in [0, 0.05) is 38.4 Å². The number of hydrogen-bond acceptors (Lipinski definition) is 3. The molecule has 2 amide bonds. The van der Waals surface area contributed by atoms with Crippen LogP contribution < -0.4 is 15.5 Å². The van der Waals surface area contributed by atoms with Crippen LogP contribution in [0.4, 0.5) is 11.4 Å². The molecule has 2 N–H and O–H groups in total. The standard InChI is InChI=1S/C22H37N3O2/c1-5-7-8-9-10-11-12-13-21(26)24-18-14-15-20(25(3)4)19(17-18)22(27)23-16-6-2/h14-15,17H,5-13,16H2,1-4H3,(H,23,27)(H,24,26). The number of carbonyl (C=O) groups is 2. The molecule has 0 spiro atoms. The molecule has 0 aliphatic heterocycles. The maximum Gasteiger partial charge on any atom is 0.253 e. The summed E-state index contributed by atoms with van der Waals surface area (Å²) in [7, 11) is 3.81. The van der Waals surface area contributed by atoms with Gasteiger partial charge in [0.15, 0.2) is 0 Å². The molecule has 0 atom stereocenters. The van der Waals surface area contributed by atoms with E-state index in [0.29, 0.717) is 24.2 Å². The molecule has 5 heteroatoms. The van der Waals surface area contributed by atoms with Crippen molar-refractivity contribution in [3.63, 3.8) is 0 Å². The Balaban J connectivity index is 2.56. The van der Waals surface area contributed by atoms with E-state index in [9.17, 15) is 9.59 Å². The number of carbonyl (C=O) groups excluding carboxylic acids is 2. The second-order valence-corrected chi connectivity index (χ2v) is 7.30. The zero-order chi connectivity index (χ0) is 20.1. The van der Waals surface area contributed by atoms with Gasteiger partial charge in [-0.15, -0.1) is 0 Å². The fraction of sp³-hybridized carbons (Fsp3) is 0.636. The molecular formula is C22H37N3O2. The van der Waals surface area contributed by atoms with E-state index in [1.165, 1.54) is 32.1 Å². The number of nitrogens with zero attached hydrogens (tertiary/aromatic N) is 1. The third kappa shape index (κ3) is 8.94. The van der Waals surface area contributed by atoms with Crippen molar-refractivity contribution in [3.8, 4) is 0 Å². The largest absolute Gasteiger partial charge is 0.377 e.